The standard InChI is InChI=1S/C15H17NO5/c17-13(14(18)12-6-7-20-10-12)8-16-15(19)21-9-11-4-2-1-3-5-11/h1-7,10,13-14,17-18H,8-9H2,(H,16,19). The summed E-state index contributed by atoms with van der Waals surface area (Å²) in [7, 11) is 0. The molecule has 1 aromatic heterocycles. The molecule has 1 amide bonds. The molecule has 0 aliphatic heterocycles. The predicted octanol–water partition coefficient (Wildman–Crippen LogP) is 1.60. The van der Waals surface area contributed by atoms with E-state index in [9.17, 15) is 15.0 Å². The minimum atomic E-state index is -1.15. The van der Waals surface area contributed by atoms with Crippen molar-refractivity contribution in [3.8, 4) is 0 Å². The lowest BCUT2D eigenvalue weighted by Crippen LogP contribution is -2.35. The van der Waals surface area contributed by atoms with E-state index in [1.54, 1.807) is 6.07 Å². The second-order valence-electron chi connectivity index (χ2n) is 4.51. The summed E-state index contributed by atoms with van der Waals surface area (Å²) in [6, 6.07) is 10.8. The molecule has 0 saturated carbocycles. The summed E-state index contributed by atoms with van der Waals surface area (Å²) in [5.74, 6) is 0. The van der Waals surface area contributed by atoms with Gasteiger partial charge in [0.05, 0.1) is 12.5 Å². The van der Waals surface area contributed by atoms with Gasteiger partial charge in [-0.05, 0) is 11.6 Å². The number of amides is 1. The molecule has 1 aromatic carbocycles. The van der Waals surface area contributed by atoms with Crippen LogP contribution in [-0.2, 0) is 11.3 Å². The molecule has 1 heterocycles. The van der Waals surface area contributed by atoms with Crippen molar-refractivity contribution in [2.24, 2.45) is 0 Å². The molecule has 0 spiro atoms. The lowest BCUT2D eigenvalue weighted by Gasteiger charge is -2.16. The highest BCUT2D eigenvalue weighted by atomic mass is 16.5. The Bertz CT molecular complexity index is 540. The van der Waals surface area contributed by atoms with Gasteiger partial charge in [0.25, 0.3) is 0 Å². The van der Waals surface area contributed by atoms with Crippen LogP contribution in [0, 0.1) is 0 Å². The number of alkyl carbamates (subject to hydrolysis) is 1. The third-order valence-corrected chi connectivity index (χ3v) is 2.92. The van der Waals surface area contributed by atoms with Gasteiger partial charge in [-0.25, -0.2) is 4.79 Å². The van der Waals surface area contributed by atoms with Crippen LogP contribution in [0.25, 0.3) is 0 Å². The zero-order chi connectivity index (χ0) is 15.1. The van der Waals surface area contributed by atoms with Crippen LogP contribution in [0.2, 0.25) is 0 Å². The average molecular weight is 291 g/mol. The number of rotatable bonds is 6. The Labute approximate surface area is 122 Å². The summed E-state index contributed by atoms with van der Waals surface area (Å²) in [6.45, 7) is 0.0209. The van der Waals surface area contributed by atoms with Crippen LogP contribution in [0.5, 0.6) is 0 Å². The van der Waals surface area contributed by atoms with Crippen molar-refractivity contribution in [2.45, 2.75) is 18.8 Å². The van der Waals surface area contributed by atoms with E-state index in [4.69, 9.17) is 9.15 Å². The smallest absolute Gasteiger partial charge is 0.407 e. The Kier molecular flexibility index (Phi) is 5.36. The van der Waals surface area contributed by atoms with Crippen LogP contribution in [0.1, 0.15) is 17.2 Å². The number of benzene rings is 1. The molecule has 0 aliphatic carbocycles. The molecule has 6 heteroatoms. The summed E-state index contributed by atoms with van der Waals surface area (Å²) in [5, 5.41) is 22.0. The highest BCUT2D eigenvalue weighted by Gasteiger charge is 2.20. The van der Waals surface area contributed by atoms with Crippen LogP contribution >= 0.6 is 0 Å². The largest absolute Gasteiger partial charge is 0.472 e. The number of carbonyl (C=O) groups excluding carboxylic acids is 1. The van der Waals surface area contributed by atoms with Gasteiger partial charge in [0.2, 0.25) is 0 Å². The molecule has 0 bridgehead atoms. The van der Waals surface area contributed by atoms with E-state index >= 15 is 0 Å². The molecule has 6 nitrogen and oxygen atoms in total. The molecular weight excluding hydrogens is 274 g/mol. The van der Waals surface area contributed by atoms with E-state index in [0.717, 1.165) is 5.56 Å². The topological polar surface area (TPSA) is 91.9 Å². The highest BCUT2D eigenvalue weighted by Crippen LogP contribution is 2.16. The predicted molar refractivity (Wildman–Crippen MR) is 74.3 cm³/mol. The Morgan fingerprint density at radius 1 is 1.24 bits per heavy atom. The fourth-order valence-electron chi connectivity index (χ4n) is 1.74. The first-order valence-corrected chi connectivity index (χ1v) is 6.49. The zero-order valence-electron chi connectivity index (χ0n) is 11.3. The van der Waals surface area contributed by atoms with Crippen LogP contribution in [0.3, 0.4) is 0 Å². The summed E-state index contributed by atoms with van der Waals surface area (Å²) in [6.07, 6.45) is -0.198. The van der Waals surface area contributed by atoms with Gasteiger partial charge < -0.3 is 24.7 Å². The number of aliphatic hydroxyl groups excluding tert-OH is 2. The van der Waals surface area contributed by atoms with Crippen molar-refractivity contribution in [3.05, 3.63) is 60.1 Å². The summed E-state index contributed by atoms with van der Waals surface area (Å²) < 4.78 is 9.80. The van der Waals surface area contributed by atoms with Crippen LogP contribution in [-0.4, -0.2) is 29.0 Å². The van der Waals surface area contributed by atoms with Gasteiger partial charge in [-0.3, -0.25) is 0 Å². The molecule has 0 fully saturated rings. The van der Waals surface area contributed by atoms with E-state index in [0.29, 0.717) is 5.56 Å². The van der Waals surface area contributed by atoms with Gasteiger partial charge in [0.1, 0.15) is 18.8 Å². The van der Waals surface area contributed by atoms with E-state index < -0.39 is 18.3 Å². The summed E-state index contributed by atoms with van der Waals surface area (Å²) in [4.78, 5) is 11.5. The molecule has 0 radical (unpaired) electrons. The minimum Gasteiger partial charge on any atom is -0.472 e. The zero-order valence-corrected chi connectivity index (χ0v) is 11.3. The van der Waals surface area contributed by atoms with E-state index in [1.165, 1.54) is 12.5 Å². The number of aliphatic hydroxyl groups is 2. The highest BCUT2D eigenvalue weighted by molar-refractivity contribution is 5.67. The van der Waals surface area contributed by atoms with Crippen LogP contribution < -0.4 is 5.32 Å². The van der Waals surface area contributed by atoms with Crippen molar-refractivity contribution in [1.82, 2.24) is 5.32 Å². The van der Waals surface area contributed by atoms with Gasteiger partial charge in [-0.2, -0.15) is 0 Å². The molecule has 0 aliphatic rings. The maximum absolute atomic E-state index is 11.5. The molecule has 21 heavy (non-hydrogen) atoms. The first-order valence-electron chi connectivity index (χ1n) is 6.49. The Morgan fingerprint density at radius 3 is 2.67 bits per heavy atom. The fraction of sp³-hybridized carbons (Fsp3) is 0.267. The molecule has 3 N–H and O–H groups in total. The van der Waals surface area contributed by atoms with Gasteiger partial charge in [-0.1, -0.05) is 30.3 Å². The first-order chi connectivity index (χ1) is 10.2. The van der Waals surface area contributed by atoms with Crippen LogP contribution in [0.15, 0.2) is 53.3 Å². The Morgan fingerprint density at radius 2 is 2.00 bits per heavy atom. The Balaban J connectivity index is 1.71. The number of nitrogens with one attached hydrogen (secondary N) is 1. The van der Waals surface area contributed by atoms with E-state index in [-0.39, 0.29) is 13.2 Å². The maximum Gasteiger partial charge on any atom is 0.407 e. The van der Waals surface area contributed by atoms with Gasteiger partial charge in [0.15, 0.2) is 0 Å². The quantitative estimate of drug-likeness (QED) is 0.752. The molecule has 2 atom stereocenters. The number of furan rings is 1. The molecule has 0 saturated heterocycles. The number of carbonyl (C=O) groups is 1. The van der Waals surface area contributed by atoms with E-state index in [1.807, 2.05) is 30.3 Å². The van der Waals surface area contributed by atoms with Crippen molar-refractivity contribution >= 4 is 6.09 Å². The lowest BCUT2D eigenvalue weighted by atomic mass is 10.1. The molecule has 2 aromatic rings. The average Bonchev–Trinajstić information content (AvgIpc) is 3.05. The van der Waals surface area contributed by atoms with Gasteiger partial charge in [0, 0.05) is 12.1 Å². The van der Waals surface area contributed by atoms with Crippen molar-refractivity contribution in [3.63, 3.8) is 0 Å². The Hall–Kier alpha value is -2.31. The SMILES string of the molecule is O=C(NCC(O)C(O)c1ccoc1)OCc1ccccc1. The van der Waals surface area contributed by atoms with Crippen molar-refractivity contribution in [2.75, 3.05) is 6.54 Å². The molecule has 2 rings (SSSR count). The number of ether oxygens (including phenoxy) is 1. The van der Waals surface area contributed by atoms with Gasteiger partial charge in [-0.15, -0.1) is 0 Å². The number of hydrogen-bond donors (Lipinski definition) is 3. The monoisotopic (exact) mass is 291 g/mol. The minimum absolute atomic E-state index is 0.125. The van der Waals surface area contributed by atoms with Crippen molar-refractivity contribution < 1.29 is 24.2 Å². The summed E-state index contributed by atoms with van der Waals surface area (Å²) in [5.41, 5.74) is 1.31. The first kappa shape index (κ1) is 15.1. The second-order valence-corrected chi connectivity index (χ2v) is 4.51. The third kappa shape index (κ3) is 4.62. The third-order valence-electron chi connectivity index (χ3n) is 2.92. The maximum atomic E-state index is 11.5. The molecule has 112 valence electrons. The number of hydrogen-bond acceptors (Lipinski definition) is 5. The van der Waals surface area contributed by atoms with Gasteiger partial charge >= 0.3 is 6.09 Å². The van der Waals surface area contributed by atoms with Crippen molar-refractivity contribution in [1.29, 1.82) is 0 Å². The molecular formula is C15H17NO5. The van der Waals surface area contributed by atoms with Crippen LogP contribution in [0.4, 0.5) is 4.79 Å². The van der Waals surface area contributed by atoms with E-state index in [2.05, 4.69) is 5.32 Å². The molecule has 2 unspecified atom stereocenters. The summed E-state index contributed by atoms with van der Waals surface area (Å²) >= 11 is 0. The second kappa shape index (κ2) is 7.47. The fourth-order valence-corrected chi connectivity index (χ4v) is 1.74. The normalized spacial score (nSPS) is 13.4. The lowest BCUT2D eigenvalue weighted by molar-refractivity contribution is 0.0181.